The Hall–Kier alpha value is -4.39. The van der Waals surface area contributed by atoms with Crippen molar-refractivity contribution in [1.29, 1.82) is 0 Å². The van der Waals surface area contributed by atoms with Gasteiger partial charge in [0.05, 0.1) is 22.0 Å². The van der Waals surface area contributed by atoms with E-state index >= 15 is 0 Å². The Kier molecular flexibility index (Phi) is 5.75. The van der Waals surface area contributed by atoms with Gasteiger partial charge in [0, 0.05) is 23.3 Å². The van der Waals surface area contributed by atoms with Crippen LogP contribution in [0.5, 0.6) is 0 Å². The lowest BCUT2D eigenvalue weighted by atomic mass is 10.1. The maximum Gasteiger partial charge on any atom is 0.269 e. The molecule has 0 saturated heterocycles. The second-order valence-electron chi connectivity index (χ2n) is 6.81. The van der Waals surface area contributed by atoms with E-state index in [1.165, 1.54) is 12.1 Å². The minimum atomic E-state index is -0.428. The molecular formula is C24H19N5O2. The molecule has 0 saturated carbocycles. The first-order valence-corrected chi connectivity index (χ1v) is 9.65. The Bertz CT molecular complexity index is 1170. The van der Waals surface area contributed by atoms with Gasteiger partial charge in [-0.25, -0.2) is 15.4 Å². The van der Waals surface area contributed by atoms with Crippen LogP contribution < -0.4 is 5.43 Å². The van der Waals surface area contributed by atoms with Crippen LogP contribution in [-0.4, -0.2) is 20.6 Å². The Morgan fingerprint density at radius 2 is 1.35 bits per heavy atom. The number of nitrogens with one attached hydrogen (secondary N) is 1. The second kappa shape index (κ2) is 8.96. The number of aromatic nitrogens is 2. The van der Waals surface area contributed by atoms with Crippen molar-refractivity contribution in [1.82, 2.24) is 9.97 Å². The highest BCUT2D eigenvalue weighted by molar-refractivity contribution is 5.99. The van der Waals surface area contributed by atoms with Gasteiger partial charge in [0.2, 0.25) is 5.95 Å². The number of nitro benzene ring substituents is 1. The zero-order valence-corrected chi connectivity index (χ0v) is 16.8. The van der Waals surface area contributed by atoms with Crippen molar-refractivity contribution in [3.05, 3.63) is 107 Å². The number of hydrogen-bond acceptors (Lipinski definition) is 6. The van der Waals surface area contributed by atoms with Gasteiger partial charge in [-0.2, -0.15) is 5.10 Å². The molecule has 0 aliphatic rings. The predicted octanol–water partition coefficient (Wildman–Crippen LogP) is 5.55. The van der Waals surface area contributed by atoms with E-state index in [-0.39, 0.29) is 5.69 Å². The van der Waals surface area contributed by atoms with Crippen LogP contribution in [0.1, 0.15) is 12.5 Å². The monoisotopic (exact) mass is 409 g/mol. The van der Waals surface area contributed by atoms with Crippen molar-refractivity contribution in [3.8, 4) is 22.5 Å². The van der Waals surface area contributed by atoms with Gasteiger partial charge in [0.1, 0.15) is 0 Å². The molecule has 0 bridgehead atoms. The molecule has 152 valence electrons. The number of hydrogen-bond donors (Lipinski definition) is 1. The highest BCUT2D eigenvalue weighted by atomic mass is 16.6. The number of nitrogens with zero attached hydrogens (tertiary/aromatic N) is 4. The molecule has 31 heavy (non-hydrogen) atoms. The summed E-state index contributed by atoms with van der Waals surface area (Å²) in [5, 5.41) is 15.2. The van der Waals surface area contributed by atoms with Gasteiger partial charge in [-0.3, -0.25) is 10.1 Å². The van der Waals surface area contributed by atoms with E-state index in [0.717, 1.165) is 28.1 Å². The van der Waals surface area contributed by atoms with E-state index in [9.17, 15) is 10.1 Å². The molecule has 1 aromatic heterocycles. The highest BCUT2D eigenvalue weighted by Gasteiger charge is 2.09. The van der Waals surface area contributed by atoms with Crippen molar-refractivity contribution in [2.45, 2.75) is 6.92 Å². The average Bonchev–Trinajstić information content (AvgIpc) is 2.83. The third-order valence-electron chi connectivity index (χ3n) is 4.68. The standard InChI is InChI=1S/C24H19N5O2/c1-17(18-12-14-21(15-13-18)29(30)31)27-28-24-25-22(19-8-4-2-5-9-19)16-23(26-24)20-10-6-3-7-11-20/h2-16H,1H3,(H,25,26,28). The molecule has 0 atom stereocenters. The lowest BCUT2D eigenvalue weighted by molar-refractivity contribution is -0.384. The fourth-order valence-electron chi connectivity index (χ4n) is 3.03. The quantitative estimate of drug-likeness (QED) is 0.256. The average molecular weight is 409 g/mol. The molecule has 3 aromatic carbocycles. The summed E-state index contributed by atoms with van der Waals surface area (Å²) in [6.07, 6.45) is 0. The third kappa shape index (κ3) is 4.79. The minimum Gasteiger partial charge on any atom is -0.258 e. The summed E-state index contributed by atoms with van der Waals surface area (Å²) in [4.78, 5) is 19.6. The summed E-state index contributed by atoms with van der Waals surface area (Å²) in [7, 11) is 0. The van der Waals surface area contributed by atoms with E-state index in [1.807, 2.05) is 73.7 Å². The third-order valence-corrected chi connectivity index (χ3v) is 4.68. The summed E-state index contributed by atoms with van der Waals surface area (Å²) in [5.41, 5.74) is 7.89. The van der Waals surface area contributed by atoms with Gasteiger partial charge < -0.3 is 0 Å². The molecule has 0 aliphatic heterocycles. The normalized spacial score (nSPS) is 11.2. The smallest absolute Gasteiger partial charge is 0.258 e. The largest absolute Gasteiger partial charge is 0.269 e. The summed E-state index contributed by atoms with van der Waals surface area (Å²) < 4.78 is 0. The van der Waals surface area contributed by atoms with Gasteiger partial charge in [-0.15, -0.1) is 0 Å². The Morgan fingerprint density at radius 3 is 1.84 bits per heavy atom. The van der Waals surface area contributed by atoms with Gasteiger partial charge >= 0.3 is 0 Å². The van der Waals surface area contributed by atoms with Gasteiger partial charge in [0.25, 0.3) is 5.69 Å². The first-order chi connectivity index (χ1) is 15.1. The van der Waals surface area contributed by atoms with Crippen LogP contribution in [0.4, 0.5) is 11.6 Å². The van der Waals surface area contributed by atoms with E-state index in [4.69, 9.17) is 0 Å². The van der Waals surface area contributed by atoms with Crippen LogP contribution in [0, 0.1) is 10.1 Å². The molecule has 0 fully saturated rings. The molecule has 0 aliphatic carbocycles. The lowest BCUT2D eigenvalue weighted by Gasteiger charge is -2.09. The van der Waals surface area contributed by atoms with E-state index in [1.54, 1.807) is 12.1 Å². The number of anilines is 1. The molecule has 7 nitrogen and oxygen atoms in total. The second-order valence-corrected chi connectivity index (χ2v) is 6.81. The summed E-state index contributed by atoms with van der Waals surface area (Å²) in [5.74, 6) is 0.362. The molecule has 4 aromatic rings. The molecule has 7 heteroatoms. The van der Waals surface area contributed by atoms with Gasteiger partial charge in [-0.1, -0.05) is 60.7 Å². The molecular weight excluding hydrogens is 390 g/mol. The van der Waals surface area contributed by atoms with Crippen LogP contribution in [-0.2, 0) is 0 Å². The van der Waals surface area contributed by atoms with Crippen LogP contribution in [0.3, 0.4) is 0 Å². The van der Waals surface area contributed by atoms with Crippen molar-refractivity contribution >= 4 is 17.3 Å². The number of hydrazone groups is 1. The molecule has 0 spiro atoms. The molecule has 4 rings (SSSR count). The van der Waals surface area contributed by atoms with Crippen LogP contribution in [0.25, 0.3) is 22.5 Å². The maximum atomic E-state index is 10.8. The molecule has 1 N–H and O–H groups in total. The Balaban J connectivity index is 1.67. The van der Waals surface area contributed by atoms with Crippen molar-refractivity contribution in [2.24, 2.45) is 5.10 Å². The van der Waals surface area contributed by atoms with Crippen LogP contribution in [0.15, 0.2) is 96.1 Å². The molecule has 0 amide bonds. The first kappa shape index (κ1) is 19.9. The van der Waals surface area contributed by atoms with Crippen molar-refractivity contribution < 1.29 is 4.92 Å². The minimum absolute atomic E-state index is 0.0379. The maximum absolute atomic E-state index is 10.8. The Labute approximate surface area is 179 Å². The van der Waals surface area contributed by atoms with Crippen molar-refractivity contribution in [3.63, 3.8) is 0 Å². The van der Waals surface area contributed by atoms with Crippen molar-refractivity contribution in [2.75, 3.05) is 5.43 Å². The summed E-state index contributed by atoms with van der Waals surface area (Å²) in [6, 6.07) is 27.9. The topological polar surface area (TPSA) is 93.3 Å². The first-order valence-electron chi connectivity index (χ1n) is 9.65. The van der Waals surface area contributed by atoms with Gasteiger partial charge in [0.15, 0.2) is 0 Å². The van der Waals surface area contributed by atoms with Crippen LogP contribution in [0.2, 0.25) is 0 Å². The Morgan fingerprint density at radius 1 is 0.839 bits per heavy atom. The predicted molar refractivity (Wildman–Crippen MR) is 122 cm³/mol. The fourth-order valence-corrected chi connectivity index (χ4v) is 3.03. The fraction of sp³-hybridized carbons (Fsp3) is 0.0417. The van der Waals surface area contributed by atoms with E-state index < -0.39 is 4.92 Å². The van der Waals surface area contributed by atoms with E-state index in [2.05, 4.69) is 20.5 Å². The zero-order chi connectivity index (χ0) is 21.6. The number of benzene rings is 3. The number of rotatable bonds is 6. The lowest BCUT2D eigenvalue weighted by Crippen LogP contribution is -2.04. The summed E-state index contributed by atoms with van der Waals surface area (Å²) >= 11 is 0. The molecule has 1 heterocycles. The van der Waals surface area contributed by atoms with Gasteiger partial charge in [-0.05, 0) is 30.7 Å². The SMILES string of the molecule is CC(=NNc1nc(-c2ccccc2)cc(-c2ccccc2)n1)c1ccc([N+](=O)[O-])cc1. The summed E-state index contributed by atoms with van der Waals surface area (Å²) in [6.45, 7) is 1.81. The molecule has 0 unspecified atom stereocenters. The number of nitro groups is 1. The number of non-ortho nitro benzene ring substituents is 1. The van der Waals surface area contributed by atoms with Crippen LogP contribution >= 0.6 is 0 Å². The molecule has 0 radical (unpaired) electrons. The highest BCUT2D eigenvalue weighted by Crippen LogP contribution is 2.25. The zero-order valence-electron chi connectivity index (χ0n) is 16.8. The van der Waals surface area contributed by atoms with E-state index in [0.29, 0.717) is 11.7 Å².